The van der Waals surface area contributed by atoms with Crippen molar-refractivity contribution in [3.8, 4) is 0 Å². The summed E-state index contributed by atoms with van der Waals surface area (Å²) in [4.78, 5) is 1.46. The Morgan fingerprint density at radius 1 is 1.17 bits per heavy atom. The second kappa shape index (κ2) is 6.72. The largest absolute Gasteiger partial charge is 0.741 e. The molecule has 1 aromatic rings. The second-order valence-corrected chi connectivity index (χ2v) is 5.14. The van der Waals surface area contributed by atoms with Crippen LogP contribution in [-0.2, 0) is 16.7 Å². The quantitative estimate of drug-likeness (QED) is 0.631. The molecule has 1 aromatic carbocycles. The molecule has 104 valence electrons. The molecule has 0 radical (unpaired) electrons. The molecule has 0 saturated heterocycles. The molecule has 0 amide bonds. The summed E-state index contributed by atoms with van der Waals surface area (Å²) < 4.78 is 58.9. The van der Waals surface area contributed by atoms with E-state index < -0.39 is 15.6 Å². The van der Waals surface area contributed by atoms with Gasteiger partial charge in [0.25, 0.3) is 0 Å². The SMILES string of the molecule is C[NH+](C)Cc1ccccc1.O=S(=O)([O-])C(F)(F)F. The van der Waals surface area contributed by atoms with Crippen LogP contribution in [0.25, 0.3) is 0 Å². The minimum Gasteiger partial charge on any atom is -0.741 e. The Morgan fingerprint density at radius 3 is 1.83 bits per heavy atom. The number of quaternary nitrogens is 1. The highest BCUT2D eigenvalue weighted by atomic mass is 32.2. The van der Waals surface area contributed by atoms with E-state index in [1.807, 2.05) is 0 Å². The van der Waals surface area contributed by atoms with Crippen molar-refractivity contribution in [3.05, 3.63) is 35.9 Å². The number of hydrogen-bond donors (Lipinski definition) is 1. The van der Waals surface area contributed by atoms with E-state index in [9.17, 15) is 13.2 Å². The maximum atomic E-state index is 10.7. The van der Waals surface area contributed by atoms with Gasteiger partial charge in [-0.3, -0.25) is 0 Å². The zero-order valence-electron chi connectivity index (χ0n) is 9.86. The van der Waals surface area contributed by atoms with Gasteiger partial charge in [-0.1, -0.05) is 30.3 Å². The lowest BCUT2D eigenvalue weighted by molar-refractivity contribution is -0.872. The fourth-order valence-corrected chi connectivity index (χ4v) is 1.00. The zero-order valence-corrected chi connectivity index (χ0v) is 10.7. The Labute approximate surface area is 104 Å². The number of rotatable bonds is 2. The lowest BCUT2D eigenvalue weighted by atomic mass is 10.2. The monoisotopic (exact) mass is 285 g/mol. The van der Waals surface area contributed by atoms with Gasteiger partial charge in [0.2, 0.25) is 0 Å². The Balaban J connectivity index is 0.000000331. The predicted octanol–water partition coefficient (Wildman–Crippen LogP) is 0.383. The van der Waals surface area contributed by atoms with E-state index in [0.717, 1.165) is 6.54 Å². The fraction of sp³-hybridized carbons (Fsp3) is 0.400. The van der Waals surface area contributed by atoms with Gasteiger partial charge in [0, 0.05) is 5.56 Å². The van der Waals surface area contributed by atoms with E-state index in [0.29, 0.717) is 0 Å². The van der Waals surface area contributed by atoms with Gasteiger partial charge >= 0.3 is 5.51 Å². The van der Waals surface area contributed by atoms with E-state index in [2.05, 4.69) is 44.4 Å². The van der Waals surface area contributed by atoms with Crippen LogP contribution in [0.4, 0.5) is 13.2 Å². The third-order valence-electron chi connectivity index (χ3n) is 1.68. The van der Waals surface area contributed by atoms with Crippen LogP contribution in [0.3, 0.4) is 0 Å². The predicted molar refractivity (Wildman–Crippen MR) is 58.7 cm³/mol. The maximum Gasteiger partial charge on any atom is 0.485 e. The normalized spacial score (nSPS) is 11.9. The molecule has 0 aliphatic heterocycles. The summed E-state index contributed by atoms with van der Waals surface area (Å²) in [6.07, 6.45) is 0. The van der Waals surface area contributed by atoms with E-state index in [-0.39, 0.29) is 0 Å². The molecule has 1 N–H and O–H groups in total. The smallest absolute Gasteiger partial charge is 0.485 e. The highest BCUT2D eigenvalue weighted by Crippen LogP contribution is 2.20. The van der Waals surface area contributed by atoms with Crippen LogP contribution in [-0.4, -0.2) is 32.6 Å². The first-order valence-electron chi connectivity index (χ1n) is 4.89. The summed E-state index contributed by atoms with van der Waals surface area (Å²) >= 11 is 0. The first-order valence-corrected chi connectivity index (χ1v) is 6.30. The van der Waals surface area contributed by atoms with Crippen molar-refractivity contribution in [1.82, 2.24) is 0 Å². The highest BCUT2D eigenvalue weighted by molar-refractivity contribution is 7.86. The van der Waals surface area contributed by atoms with Crippen molar-refractivity contribution in [3.63, 3.8) is 0 Å². The number of benzene rings is 1. The standard InChI is InChI=1S/C9H13N.CHF3O3S/c1-10(2)8-9-6-4-3-5-7-9;2-1(3,4)8(5,6)7/h3-7H,8H2,1-2H3;(H,5,6,7). The molecule has 0 bridgehead atoms. The fourth-order valence-electron chi connectivity index (χ4n) is 1.00. The first-order chi connectivity index (χ1) is 8.04. The van der Waals surface area contributed by atoms with E-state index >= 15 is 0 Å². The van der Waals surface area contributed by atoms with Crippen LogP contribution in [0.15, 0.2) is 30.3 Å². The molecule has 18 heavy (non-hydrogen) atoms. The Hall–Kier alpha value is -1.12. The summed E-state index contributed by atoms with van der Waals surface area (Å²) in [5.41, 5.74) is -4.24. The van der Waals surface area contributed by atoms with Gasteiger partial charge in [0.1, 0.15) is 6.54 Å². The molecule has 8 heteroatoms. The van der Waals surface area contributed by atoms with E-state index in [1.165, 1.54) is 10.5 Å². The third-order valence-corrected chi connectivity index (χ3v) is 2.25. The van der Waals surface area contributed by atoms with Gasteiger partial charge in [-0.2, -0.15) is 13.2 Å². The van der Waals surface area contributed by atoms with Gasteiger partial charge in [-0.05, 0) is 0 Å². The summed E-state index contributed by atoms with van der Waals surface area (Å²) in [5, 5.41) is 0. The van der Waals surface area contributed by atoms with Crippen LogP contribution in [0.1, 0.15) is 5.56 Å². The molecule has 0 fully saturated rings. The van der Waals surface area contributed by atoms with Gasteiger partial charge in [-0.15, -0.1) is 0 Å². The van der Waals surface area contributed by atoms with Crippen molar-refractivity contribution >= 4 is 10.1 Å². The molecule has 0 aliphatic rings. The molecule has 0 atom stereocenters. The average molecular weight is 285 g/mol. The molecule has 0 heterocycles. The minimum atomic E-state index is -6.09. The maximum absolute atomic E-state index is 10.7. The first kappa shape index (κ1) is 16.9. The summed E-state index contributed by atoms with van der Waals surface area (Å²) in [6, 6.07) is 10.5. The molecular weight excluding hydrogens is 271 g/mol. The van der Waals surface area contributed by atoms with Crippen molar-refractivity contribution in [2.75, 3.05) is 14.1 Å². The van der Waals surface area contributed by atoms with Crippen LogP contribution in [0.2, 0.25) is 0 Å². The summed E-state index contributed by atoms with van der Waals surface area (Å²) in [5.74, 6) is 0. The average Bonchev–Trinajstić information content (AvgIpc) is 2.15. The molecule has 1 rings (SSSR count). The molecule has 4 nitrogen and oxygen atoms in total. The molecule has 0 aromatic heterocycles. The van der Waals surface area contributed by atoms with E-state index in [4.69, 9.17) is 13.0 Å². The molecular formula is C10H14F3NO3S. The van der Waals surface area contributed by atoms with Crippen molar-refractivity contribution in [1.29, 1.82) is 0 Å². The lowest BCUT2D eigenvalue weighted by Crippen LogP contribution is -3.04. The minimum absolute atomic E-state index is 1.11. The van der Waals surface area contributed by atoms with Crippen molar-refractivity contribution in [2.45, 2.75) is 12.1 Å². The molecule has 0 unspecified atom stereocenters. The van der Waals surface area contributed by atoms with Crippen LogP contribution in [0.5, 0.6) is 0 Å². The van der Waals surface area contributed by atoms with Crippen LogP contribution >= 0.6 is 0 Å². The van der Waals surface area contributed by atoms with Crippen molar-refractivity contribution in [2.24, 2.45) is 0 Å². The number of alkyl halides is 3. The molecule has 0 aliphatic carbocycles. The topological polar surface area (TPSA) is 61.6 Å². The van der Waals surface area contributed by atoms with Crippen molar-refractivity contribution < 1.29 is 31.0 Å². The number of halogens is 3. The van der Waals surface area contributed by atoms with Gasteiger partial charge in [0.15, 0.2) is 10.1 Å². The third kappa shape index (κ3) is 7.25. The summed E-state index contributed by atoms with van der Waals surface area (Å²) in [7, 11) is -1.77. The molecule has 0 saturated carbocycles. The molecule has 0 spiro atoms. The van der Waals surface area contributed by atoms with Gasteiger partial charge < -0.3 is 9.45 Å². The second-order valence-electron chi connectivity index (χ2n) is 3.77. The Morgan fingerprint density at radius 2 is 1.56 bits per heavy atom. The van der Waals surface area contributed by atoms with Gasteiger partial charge in [0.05, 0.1) is 14.1 Å². The number of nitrogens with one attached hydrogen (secondary N) is 1. The Bertz CT molecular complexity index is 443. The number of hydrogen-bond acceptors (Lipinski definition) is 3. The highest BCUT2D eigenvalue weighted by Gasteiger charge is 2.36. The lowest BCUT2D eigenvalue weighted by Gasteiger charge is -2.08. The zero-order chi connectivity index (χ0) is 14.4. The summed E-state index contributed by atoms with van der Waals surface area (Å²) in [6.45, 7) is 1.11. The van der Waals surface area contributed by atoms with Crippen LogP contribution < -0.4 is 4.90 Å². The Kier molecular flexibility index (Phi) is 6.30. The van der Waals surface area contributed by atoms with Crippen LogP contribution in [0, 0.1) is 0 Å². The van der Waals surface area contributed by atoms with E-state index in [1.54, 1.807) is 0 Å². The van der Waals surface area contributed by atoms with Gasteiger partial charge in [-0.25, -0.2) is 8.42 Å².